The maximum absolute atomic E-state index is 15.2. The van der Waals surface area contributed by atoms with Gasteiger partial charge in [0.1, 0.15) is 23.9 Å². The van der Waals surface area contributed by atoms with E-state index in [4.69, 9.17) is 4.74 Å². The number of alkyl halides is 2. The summed E-state index contributed by atoms with van der Waals surface area (Å²) in [6.45, 7) is 5.83. The zero-order valence-electron chi connectivity index (χ0n) is 42.7. The number of hydrogen-bond donors (Lipinski definition) is 5. The fourth-order valence-electron chi connectivity index (χ4n) is 10.3. The molecule has 78 heavy (non-hydrogen) atoms. The van der Waals surface area contributed by atoms with E-state index in [0.29, 0.717) is 29.1 Å². The summed E-state index contributed by atoms with van der Waals surface area (Å²) in [4.78, 5) is 131. The van der Waals surface area contributed by atoms with Crippen LogP contribution in [0.3, 0.4) is 0 Å². The van der Waals surface area contributed by atoms with Crippen LogP contribution in [0, 0.1) is 17.3 Å². The molecule has 1 aromatic heterocycles. The molecule has 5 N–H and O–H groups in total. The first-order chi connectivity index (χ1) is 37.0. The third-order valence-electron chi connectivity index (χ3n) is 14.4. The number of carbonyl (C=O) groups excluding carboxylic acids is 8. The zero-order chi connectivity index (χ0) is 55.8. The standard InChI is InChI=1S/C56H55F2N6O12PS/c1-55(2,3)48(61-50(68)44-28-36-25-38(18-21-43(36)78-44)56(57,58)77(73,74)75)54(72)63-30-37-26-39(19-17-34(37)27-42(63)52(70)62-24-10-15-35(29-62)32-11-5-4-6-12-32)76-31-46(66)59-23-8-7-13-33-14-9-16-40-47(33)53(71)64(51(40)69)41-20-22-45(65)60-49(41)67/h4-6,9,11-12,14,16-19,21,25-26,28,35,41-42,48H,8,10,15,20,22-24,27,29-31H2,1-3H3,(H,59,66)(H,61,68)(H,60,65,67)(H2,73,74,75)/t35-,41?,42-,48+/m0/s1. The number of thiophene rings is 1. The van der Waals surface area contributed by atoms with Crippen LogP contribution >= 0.6 is 18.9 Å². The fourth-order valence-corrected chi connectivity index (χ4v) is 11.7. The van der Waals surface area contributed by atoms with Gasteiger partial charge in [-0.1, -0.05) is 81.1 Å². The Morgan fingerprint density at radius 2 is 1.69 bits per heavy atom. The lowest BCUT2D eigenvalue weighted by atomic mass is 9.83. The number of rotatable bonds is 13. The minimum Gasteiger partial charge on any atom is -0.484 e. The van der Waals surface area contributed by atoms with E-state index in [9.17, 15) is 56.7 Å². The van der Waals surface area contributed by atoms with Crippen LogP contribution in [-0.2, 0) is 47.2 Å². The third kappa shape index (κ3) is 11.3. The van der Waals surface area contributed by atoms with Gasteiger partial charge in [0.2, 0.25) is 23.6 Å². The minimum absolute atomic E-state index is 0.0135. The van der Waals surface area contributed by atoms with E-state index in [1.165, 1.54) is 23.1 Å². The highest BCUT2D eigenvalue weighted by Crippen LogP contribution is 2.59. The molecule has 2 saturated heterocycles. The number of ether oxygens (including phenoxy) is 1. The quantitative estimate of drug-likeness (QED) is 0.0396. The molecule has 2 fully saturated rings. The molecule has 18 nitrogen and oxygen atoms in total. The van der Waals surface area contributed by atoms with Crippen LogP contribution in [0.1, 0.15) is 117 Å². The molecule has 0 bridgehead atoms. The Hall–Kier alpha value is -7.63. The van der Waals surface area contributed by atoms with Crippen LogP contribution in [0.2, 0.25) is 0 Å². The number of nitrogens with zero attached hydrogens (tertiary/aromatic N) is 3. The predicted molar refractivity (Wildman–Crippen MR) is 281 cm³/mol. The lowest BCUT2D eigenvalue weighted by Gasteiger charge is -2.43. The molecule has 5 aromatic rings. The van der Waals surface area contributed by atoms with Crippen molar-refractivity contribution in [3.8, 4) is 17.6 Å². The van der Waals surface area contributed by atoms with Crippen LogP contribution in [0.5, 0.6) is 5.75 Å². The first-order valence-electron chi connectivity index (χ1n) is 25.3. The number of nitrogens with one attached hydrogen (secondary N) is 3. The monoisotopic (exact) mass is 1100 g/mol. The average molecular weight is 1110 g/mol. The first kappa shape index (κ1) is 55.1. The summed E-state index contributed by atoms with van der Waals surface area (Å²) in [5.41, 5.74) is -3.40. The molecule has 4 aromatic carbocycles. The van der Waals surface area contributed by atoms with Crippen molar-refractivity contribution in [3.05, 3.63) is 135 Å². The highest BCUT2D eigenvalue weighted by atomic mass is 32.1. The molecule has 0 aliphatic carbocycles. The molecule has 4 aliphatic rings. The van der Waals surface area contributed by atoms with E-state index < -0.39 is 90.3 Å². The van der Waals surface area contributed by atoms with Gasteiger partial charge in [-0.3, -0.25) is 53.1 Å². The number of benzene rings is 4. The molecule has 9 rings (SSSR count). The van der Waals surface area contributed by atoms with E-state index in [-0.39, 0.29) is 77.6 Å². The molecule has 1 unspecified atom stereocenters. The Morgan fingerprint density at radius 1 is 0.923 bits per heavy atom. The number of halogens is 2. The lowest BCUT2D eigenvalue weighted by Crippen LogP contribution is -2.61. The van der Waals surface area contributed by atoms with Crippen LogP contribution in [0.25, 0.3) is 10.1 Å². The smallest absolute Gasteiger partial charge is 0.399 e. The van der Waals surface area contributed by atoms with Gasteiger partial charge in [0.15, 0.2) is 6.61 Å². The van der Waals surface area contributed by atoms with Gasteiger partial charge < -0.3 is 35.0 Å². The SMILES string of the molecule is CC(C)(C)[C@H](NC(=O)c1cc2cc(C(F)(F)P(=O)(O)O)ccc2s1)C(=O)N1Cc2cc(OCC(=O)NCCC#Cc3cccc4c3C(=O)N(C3CCC(=O)NC3=O)C4=O)ccc2C[C@H]1C(=O)N1CCC[C@H](c2ccccc2)C1. The molecule has 22 heteroatoms. The van der Waals surface area contributed by atoms with Crippen LogP contribution in [0.15, 0.2) is 91.0 Å². The van der Waals surface area contributed by atoms with Crippen molar-refractivity contribution in [1.29, 1.82) is 0 Å². The number of imide groups is 2. The van der Waals surface area contributed by atoms with Gasteiger partial charge >= 0.3 is 13.3 Å². The molecule has 0 spiro atoms. The molecular weight excluding hydrogens is 1050 g/mol. The van der Waals surface area contributed by atoms with Crippen molar-refractivity contribution in [2.75, 3.05) is 26.2 Å². The van der Waals surface area contributed by atoms with Crippen molar-refractivity contribution < 1.29 is 66.2 Å². The van der Waals surface area contributed by atoms with Gasteiger partial charge in [-0.2, -0.15) is 8.78 Å². The van der Waals surface area contributed by atoms with Crippen molar-refractivity contribution in [3.63, 3.8) is 0 Å². The fraction of sp³-hybridized carbons (Fsp3) is 0.357. The summed E-state index contributed by atoms with van der Waals surface area (Å²) in [6, 6.07) is 20.7. The summed E-state index contributed by atoms with van der Waals surface area (Å²) >= 11 is 0.944. The Balaban J connectivity index is 0.885. The molecule has 4 atom stereocenters. The Morgan fingerprint density at radius 3 is 2.42 bits per heavy atom. The Kier molecular flexibility index (Phi) is 15.6. The van der Waals surface area contributed by atoms with Crippen molar-refractivity contribution in [2.24, 2.45) is 5.41 Å². The second kappa shape index (κ2) is 22.0. The van der Waals surface area contributed by atoms with Crippen molar-refractivity contribution in [2.45, 2.75) is 95.5 Å². The maximum Gasteiger partial charge on any atom is 0.399 e. The van der Waals surface area contributed by atoms with Gasteiger partial charge in [-0.15, -0.1) is 11.3 Å². The lowest BCUT2D eigenvalue weighted by molar-refractivity contribution is -0.150. The van der Waals surface area contributed by atoms with Crippen molar-refractivity contribution in [1.82, 2.24) is 30.7 Å². The summed E-state index contributed by atoms with van der Waals surface area (Å²) in [5, 5.41) is 7.89. The van der Waals surface area contributed by atoms with Gasteiger partial charge in [-0.25, -0.2) is 0 Å². The number of piperidine rings is 2. The molecule has 5 heterocycles. The number of amides is 8. The molecule has 8 amide bonds. The Bertz CT molecular complexity index is 3400. The topological polar surface area (TPSA) is 249 Å². The zero-order valence-corrected chi connectivity index (χ0v) is 44.4. The van der Waals surface area contributed by atoms with E-state index in [0.717, 1.165) is 52.3 Å². The van der Waals surface area contributed by atoms with Crippen LogP contribution in [-0.4, -0.2) is 116 Å². The van der Waals surface area contributed by atoms with E-state index in [1.54, 1.807) is 56.0 Å². The first-order valence-corrected chi connectivity index (χ1v) is 27.7. The summed E-state index contributed by atoms with van der Waals surface area (Å²) in [5.74, 6) is 1.65. The molecule has 4 aliphatic heterocycles. The van der Waals surface area contributed by atoms with Gasteiger partial charge in [-0.05, 0) is 89.2 Å². The Labute approximate surface area is 451 Å². The predicted octanol–water partition coefficient (Wildman–Crippen LogP) is 5.97. The second-order valence-corrected chi connectivity index (χ2v) is 23.5. The maximum atomic E-state index is 15.2. The highest BCUT2D eigenvalue weighted by Gasteiger charge is 2.51. The summed E-state index contributed by atoms with van der Waals surface area (Å²) < 4.78 is 47.2. The minimum atomic E-state index is -5.87. The largest absolute Gasteiger partial charge is 0.484 e. The highest BCUT2D eigenvalue weighted by molar-refractivity contribution is 7.52. The molecule has 0 radical (unpaired) electrons. The van der Waals surface area contributed by atoms with E-state index in [1.807, 2.05) is 30.3 Å². The summed E-state index contributed by atoms with van der Waals surface area (Å²) in [7, 11) is -5.87. The van der Waals surface area contributed by atoms with Gasteiger partial charge in [0, 0.05) is 67.2 Å². The summed E-state index contributed by atoms with van der Waals surface area (Å²) in [6.07, 6.45) is 1.91. The molecular formula is C56H55F2N6O12PS. The third-order valence-corrected chi connectivity index (χ3v) is 16.5. The normalized spacial score (nSPS) is 19.1. The van der Waals surface area contributed by atoms with Gasteiger partial charge in [0.05, 0.1) is 16.0 Å². The van der Waals surface area contributed by atoms with Gasteiger partial charge in [0.25, 0.3) is 23.6 Å². The number of likely N-dealkylation sites (tertiary alicyclic amines) is 1. The average Bonchev–Trinajstić information content (AvgIpc) is 4.01. The molecule has 406 valence electrons. The molecule has 0 saturated carbocycles. The number of hydrogen-bond acceptors (Lipinski definition) is 11. The van der Waals surface area contributed by atoms with E-state index in [2.05, 4.69) is 27.8 Å². The van der Waals surface area contributed by atoms with E-state index >= 15 is 4.79 Å². The van der Waals surface area contributed by atoms with Crippen LogP contribution in [0.4, 0.5) is 8.78 Å². The second-order valence-electron chi connectivity index (χ2n) is 20.7. The van der Waals surface area contributed by atoms with Crippen molar-refractivity contribution >= 4 is 76.3 Å². The number of carbonyl (C=O) groups is 8. The van der Waals surface area contributed by atoms with Crippen LogP contribution < -0.4 is 20.7 Å². The number of fused-ring (bicyclic) bond motifs is 3.